The third kappa shape index (κ3) is 4.39. The molecule has 1 rings (SSSR count). The number of carbonyl (C=O) groups excluding carboxylic acids is 2. The maximum atomic E-state index is 11.7. The van der Waals surface area contributed by atoms with Crippen molar-refractivity contribution < 1.29 is 14.3 Å². The summed E-state index contributed by atoms with van der Waals surface area (Å²) < 4.78 is 5.27. The third-order valence-electron chi connectivity index (χ3n) is 2.97. The maximum absolute atomic E-state index is 11.7. The van der Waals surface area contributed by atoms with Gasteiger partial charge in [0.05, 0.1) is 13.5 Å². The number of benzene rings is 1. The highest BCUT2D eigenvalue weighted by atomic mass is 16.5. The standard InChI is InChI=1S/C15H21NO3/c1-5-13-9-12(6-7-14(13)19-4)10-16(3)15(18)8-11(2)17/h6-7,9H,5,8,10H2,1-4H3. The van der Waals surface area contributed by atoms with Crippen molar-refractivity contribution in [1.29, 1.82) is 0 Å². The molecule has 1 aromatic carbocycles. The molecule has 1 amide bonds. The summed E-state index contributed by atoms with van der Waals surface area (Å²) in [7, 11) is 3.36. The summed E-state index contributed by atoms with van der Waals surface area (Å²) in [4.78, 5) is 24.2. The molecule has 4 nitrogen and oxygen atoms in total. The molecule has 0 radical (unpaired) electrons. The molecule has 0 unspecified atom stereocenters. The van der Waals surface area contributed by atoms with Crippen LogP contribution in [0.5, 0.6) is 5.75 Å². The molecule has 0 aliphatic rings. The zero-order chi connectivity index (χ0) is 14.4. The van der Waals surface area contributed by atoms with E-state index >= 15 is 0 Å². The fraction of sp³-hybridized carbons (Fsp3) is 0.467. The number of rotatable bonds is 6. The Labute approximate surface area is 114 Å². The quantitative estimate of drug-likeness (QED) is 0.739. The SMILES string of the molecule is CCc1cc(CN(C)C(=O)CC(C)=O)ccc1OC. The lowest BCUT2D eigenvalue weighted by Crippen LogP contribution is -2.27. The molecule has 0 spiro atoms. The van der Waals surface area contributed by atoms with E-state index in [4.69, 9.17) is 4.74 Å². The Kier molecular flexibility index (Phi) is 5.55. The van der Waals surface area contributed by atoms with Crippen LogP contribution in [0.25, 0.3) is 0 Å². The molecule has 4 heteroatoms. The minimum absolute atomic E-state index is 0.0344. The topological polar surface area (TPSA) is 46.6 Å². The van der Waals surface area contributed by atoms with Crippen molar-refractivity contribution in [3.8, 4) is 5.75 Å². The van der Waals surface area contributed by atoms with Gasteiger partial charge in [0.1, 0.15) is 11.5 Å². The van der Waals surface area contributed by atoms with Gasteiger partial charge >= 0.3 is 0 Å². The van der Waals surface area contributed by atoms with Crippen molar-refractivity contribution >= 4 is 11.7 Å². The number of Topliss-reactive ketones (excluding diaryl/α,β-unsaturated/α-hetero) is 1. The van der Waals surface area contributed by atoms with E-state index in [1.165, 1.54) is 6.92 Å². The first kappa shape index (κ1) is 15.2. The second-order valence-corrected chi connectivity index (χ2v) is 4.63. The Morgan fingerprint density at radius 2 is 2.00 bits per heavy atom. The van der Waals surface area contributed by atoms with Gasteiger partial charge < -0.3 is 9.64 Å². The van der Waals surface area contributed by atoms with Gasteiger partial charge in [-0.25, -0.2) is 0 Å². The number of aryl methyl sites for hydroxylation is 1. The number of methoxy groups -OCH3 is 1. The monoisotopic (exact) mass is 263 g/mol. The van der Waals surface area contributed by atoms with Crippen LogP contribution in [0.1, 0.15) is 31.4 Å². The Bertz CT molecular complexity index is 468. The number of amides is 1. The average Bonchev–Trinajstić information content (AvgIpc) is 2.37. The van der Waals surface area contributed by atoms with Gasteiger partial charge in [0.25, 0.3) is 0 Å². The number of ketones is 1. The molecule has 1 aromatic rings. The molecule has 0 aliphatic heterocycles. The van der Waals surface area contributed by atoms with E-state index in [1.54, 1.807) is 19.1 Å². The Morgan fingerprint density at radius 1 is 1.32 bits per heavy atom. The summed E-state index contributed by atoms with van der Waals surface area (Å²) in [5.41, 5.74) is 2.16. The van der Waals surface area contributed by atoms with Crippen LogP contribution in [0.2, 0.25) is 0 Å². The minimum atomic E-state index is -0.152. The van der Waals surface area contributed by atoms with Crippen LogP contribution in [0.4, 0.5) is 0 Å². The number of ether oxygens (including phenoxy) is 1. The van der Waals surface area contributed by atoms with Crippen LogP contribution >= 0.6 is 0 Å². The summed E-state index contributed by atoms with van der Waals surface area (Å²) in [5, 5.41) is 0. The second-order valence-electron chi connectivity index (χ2n) is 4.63. The van der Waals surface area contributed by atoms with E-state index in [0.29, 0.717) is 6.54 Å². The van der Waals surface area contributed by atoms with E-state index in [9.17, 15) is 9.59 Å². The second kappa shape index (κ2) is 6.92. The van der Waals surface area contributed by atoms with Gasteiger partial charge in [-0.05, 0) is 30.5 Å². The number of hydrogen-bond acceptors (Lipinski definition) is 3. The lowest BCUT2D eigenvalue weighted by molar-refractivity contribution is -0.134. The smallest absolute Gasteiger partial charge is 0.230 e. The van der Waals surface area contributed by atoms with E-state index in [2.05, 4.69) is 6.92 Å². The first-order valence-corrected chi connectivity index (χ1v) is 6.37. The van der Waals surface area contributed by atoms with Gasteiger partial charge in [0.2, 0.25) is 5.91 Å². The van der Waals surface area contributed by atoms with Crippen molar-refractivity contribution in [2.45, 2.75) is 33.2 Å². The normalized spacial score (nSPS) is 10.1. The van der Waals surface area contributed by atoms with Gasteiger partial charge in [0, 0.05) is 13.6 Å². The Hall–Kier alpha value is -1.84. The molecule has 0 saturated heterocycles. The Morgan fingerprint density at radius 3 is 2.53 bits per heavy atom. The van der Waals surface area contributed by atoms with Crippen molar-refractivity contribution in [3.05, 3.63) is 29.3 Å². The summed E-state index contributed by atoms with van der Waals surface area (Å²) >= 11 is 0. The zero-order valence-corrected chi connectivity index (χ0v) is 12.0. The highest BCUT2D eigenvalue weighted by molar-refractivity contribution is 5.96. The minimum Gasteiger partial charge on any atom is -0.496 e. The van der Waals surface area contributed by atoms with Gasteiger partial charge in [-0.3, -0.25) is 9.59 Å². The molecule has 104 valence electrons. The summed E-state index contributed by atoms with van der Waals surface area (Å²) in [6.07, 6.45) is 0.843. The van der Waals surface area contributed by atoms with Gasteiger partial charge in [-0.2, -0.15) is 0 Å². The van der Waals surface area contributed by atoms with Crippen LogP contribution < -0.4 is 4.74 Å². The van der Waals surface area contributed by atoms with E-state index in [0.717, 1.165) is 23.3 Å². The highest BCUT2D eigenvalue weighted by Gasteiger charge is 2.12. The van der Waals surface area contributed by atoms with E-state index in [-0.39, 0.29) is 18.1 Å². The van der Waals surface area contributed by atoms with Crippen molar-refractivity contribution in [2.24, 2.45) is 0 Å². The van der Waals surface area contributed by atoms with Crippen LogP contribution in [0.3, 0.4) is 0 Å². The van der Waals surface area contributed by atoms with E-state index in [1.807, 2.05) is 18.2 Å². The third-order valence-corrected chi connectivity index (χ3v) is 2.97. The lowest BCUT2D eigenvalue weighted by atomic mass is 10.1. The van der Waals surface area contributed by atoms with Crippen molar-refractivity contribution in [3.63, 3.8) is 0 Å². The first-order chi connectivity index (χ1) is 8.97. The lowest BCUT2D eigenvalue weighted by Gasteiger charge is -2.17. The molecule has 0 N–H and O–H groups in total. The highest BCUT2D eigenvalue weighted by Crippen LogP contribution is 2.21. The molecule has 0 atom stereocenters. The summed E-state index contributed by atoms with van der Waals surface area (Å²) in [6, 6.07) is 5.89. The molecule has 0 saturated carbocycles. The molecule has 0 aliphatic carbocycles. The predicted molar refractivity (Wildman–Crippen MR) is 74.1 cm³/mol. The van der Waals surface area contributed by atoms with Crippen LogP contribution in [-0.2, 0) is 22.6 Å². The van der Waals surface area contributed by atoms with Crippen LogP contribution in [0, 0.1) is 0 Å². The number of hydrogen-bond donors (Lipinski definition) is 0. The summed E-state index contributed by atoms with van der Waals surface area (Å²) in [6.45, 7) is 3.99. The fourth-order valence-corrected chi connectivity index (χ4v) is 1.92. The fourth-order valence-electron chi connectivity index (χ4n) is 1.92. The number of carbonyl (C=O) groups is 2. The molecular weight excluding hydrogens is 242 g/mol. The first-order valence-electron chi connectivity index (χ1n) is 6.37. The van der Waals surface area contributed by atoms with Crippen molar-refractivity contribution in [1.82, 2.24) is 4.90 Å². The molecule has 0 aromatic heterocycles. The predicted octanol–water partition coefficient (Wildman–Crippen LogP) is 2.20. The Balaban J connectivity index is 2.76. The summed E-state index contributed by atoms with van der Waals surface area (Å²) in [5.74, 6) is 0.603. The largest absolute Gasteiger partial charge is 0.496 e. The number of nitrogens with zero attached hydrogens (tertiary/aromatic N) is 1. The molecule has 0 bridgehead atoms. The molecular formula is C15H21NO3. The zero-order valence-electron chi connectivity index (χ0n) is 12.0. The van der Waals surface area contributed by atoms with Gasteiger partial charge in [0.15, 0.2) is 0 Å². The van der Waals surface area contributed by atoms with Crippen LogP contribution in [-0.4, -0.2) is 30.7 Å². The maximum Gasteiger partial charge on any atom is 0.230 e. The van der Waals surface area contributed by atoms with Crippen LogP contribution in [0.15, 0.2) is 18.2 Å². The van der Waals surface area contributed by atoms with Gasteiger partial charge in [-0.1, -0.05) is 19.1 Å². The van der Waals surface area contributed by atoms with E-state index < -0.39 is 0 Å². The molecule has 0 heterocycles. The molecule has 0 fully saturated rings. The van der Waals surface area contributed by atoms with Gasteiger partial charge in [-0.15, -0.1) is 0 Å². The molecule has 19 heavy (non-hydrogen) atoms. The van der Waals surface area contributed by atoms with Crippen molar-refractivity contribution in [2.75, 3.05) is 14.2 Å². The average molecular weight is 263 g/mol.